The van der Waals surface area contributed by atoms with Gasteiger partial charge in [0.2, 0.25) is 0 Å². The van der Waals surface area contributed by atoms with Gasteiger partial charge in [-0.2, -0.15) is 0 Å². The van der Waals surface area contributed by atoms with Crippen molar-refractivity contribution in [2.45, 2.75) is 19.6 Å². The molecule has 3 N–H and O–H groups in total. The number of carbonyl (C=O) groups is 1. The van der Waals surface area contributed by atoms with Gasteiger partial charge in [0, 0.05) is 6.54 Å². The fraction of sp³-hybridized carbons (Fsp3) is 0.188. The van der Waals surface area contributed by atoms with Gasteiger partial charge in [0.25, 0.3) is 0 Å². The van der Waals surface area contributed by atoms with Crippen LogP contribution in [0.2, 0.25) is 0 Å². The van der Waals surface area contributed by atoms with Gasteiger partial charge in [-0.15, -0.1) is 0 Å². The van der Waals surface area contributed by atoms with Crippen LogP contribution < -0.4 is 10.5 Å². The molecule has 0 aromatic heterocycles. The molecule has 0 spiro atoms. The maximum absolute atomic E-state index is 10.9. The van der Waals surface area contributed by atoms with Crippen molar-refractivity contribution < 1.29 is 14.6 Å². The molecule has 110 valence electrons. The fourth-order valence-electron chi connectivity index (χ4n) is 1.98. The zero-order chi connectivity index (χ0) is 15.2. The van der Waals surface area contributed by atoms with Crippen LogP contribution in [0.1, 0.15) is 16.7 Å². The number of aliphatic carboxylic acids is 1. The Labute approximate surface area is 131 Å². The predicted molar refractivity (Wildman–Crippen MR) is 84.1 cm³/mol. The minimum absolute atomic E-state index is 0.00713. The summed E-state index contributed by atoms with van der Waals surface area (Å²) in [5.74, 6) is -0.145. The number of benzene rings is 2. The number of hydrogen-bond acceptors (Lipinski definition) is 3. The number of carboxylic acid groups (broad SMARTS) is 1. The second-order valence-corrected chi connectivity index (χ2v) is 5.45. The van der Waals surface area contributed by atoms with E-state index in [0.29, 0.717) is 18.9 Å². The minimum atomic E-state index is -0.851. The van der Waals surface area contributed by atoms with Crippen LogP contribution in [0.4, 0.5) is 0 Å². The summed E-state index contributed by atoms with van der Waals surface area (Å²) >= 11 is 3.45. The third kappa shape index (κ3) is 4.31. The monoisotopic (exact) mass is 349 g/mol. The van der Waals surface area contributed by atoms with E-state index in [1.165, 1.54) is 0 Å². The first-order valence-electron chi connectivity index (χ1n) is 6.50. The first-order chi connectivity index (χ1) is 10.1. The maximum atomic E-state index is 10.9. The standard InChI is InChI=1S/C16H16BrNO3/c17-14-7-11(9-18)5-6-15(14)21-10-13-4-2-1-3-12(13)8-16(19)20/h1-7H,8-10,18H2,(H,19,20). The number of carboxylic acids is 1. The quantitative estimate of drug-likeness (QED) is 0.840. The second kappa shape index (κ2) is 7.24. The summed E-state index contributed by atoms with van der Waals surface area (Å²) in [6.45, 7) is 0.796. The van der Waals surface area contributed by atoms with Crippen LogP contribution in [0.25, 0.3) is 0 Å². The molecule has 0 bridgehead atoms. The highest BCUT2D eigenvalue weighted by Crippen LogP contribution is 2.27. The molecule has 0 fully saturated rings. The Morgan fingerprint density at radius 2 is 1.90 bits per heavy atom. The van der Waals surface area contributed by atoms with Crippen LogP contribution in [0.3, 0.4) is 0 Å². The molecule has 0 unspecified atom stereocenters. The van der Waals surface area contributed by atoms with E-state index < -0.39 is 5.97 Å². The van der Waals surface area contributed by atoms with Gasteiger partial charge >= 0.3 is 5.97 Å². The lowest BCUT2D eigenvalue weighted by atomic mass is 10.1. The molecule has 0 amide bonds. The molecular weight excluding hydrogens is 334 g/mol. The van der Waals surface area contributed by atoms with Crippen LogP contribution in [0, 0.1) is 0 Å². The van der Waals surface area contributed by atoms with E-state index in [1.54, 1.807) is 6.07 Å². The minimum Gasteiger partial charge on any atom is -0.488 e. The zero-order valence-corrected chi connectivity index (χ0v) is 13.0. The summed E-state index contributed by atoms with van der Waals surface area (Å²) < 4.78 is 6.60. The molecular formula is C16H16BrNO3. The van der Waals surface area contributed by atoms with E-state index in [0.717, 1.165) is 21.2 Å². The number of rotatable bonds is 6. The van der Waals surface area contributed by atoms with Crippen molar-refractivity contribution in [3.63, 3.8) is 0 Å². The molecule has 0 aliphatic carbocycles. The highest BCUT2D eigenvalue weighted by atomic mass is 79.9. The second-order valence-electron chi connectivity index (χ2n) is 4.60. The topological polar surface area (TPSA) is 72.5 Å². The molecule has 0 saturated heterocycles. The Bertz CT molecular complexity index is 643. The SMILES string of the molecule is NCc1ccc(OCc2ccccc2CC(=O)O)c(Br)c1. The molecule has 5 heteroatoms. The van der Waals surface area contributed by atoms with Crippen LogP contribution in [-0.2, 0) is 24.4 Å². The number of ether oxygens (including phenoxy) is 1. The Morgan fingerprint density at radius 3 is 2.52 bits per heavy atom. The van der Waals surface area contributed by atoms with E-state index in [1.807, 2.05) is 36.4 Å². The normalized spacial score (nSPS) is 10.4. The Balaban J connectivity index is 2.11. The van der Waals surface area contributed by atoms with Crippen LogP contribution in [-0.4, -0.2) is 11.1 Å². The lowest BCUT2D eigenvalue weighted by molar-refractivity contribution is -0.136. The third-order valence-corrected chi connectivity index (χ3v) is 3.69. The smallest absolute Gasteiger partial charge is 0.307 e. The zero-order valence-electron chi connectivity index (χ0n) is 11.4. The summed E-state index contributed by atoms with van der Waals surface area (Å²) in [6, 6.07) is 13.1. The van der Waals surface area contributed by atoms with Crippen molar-refractivity contribution in [2.75, 3.05) is 0 Å². The van der Waals surface area contributed by atoms with Crippen LogP contribution >= 0.6 is 15.9 Å². The summed E-state index contributed by atoms with van der Waals surface area (Å²) in [6.07, 6.45) is -0.00713. The third-order valence-electron chi connectivity index (χ3n) is 3.08. The van der Waals surface area contributed by atoms with E-state index in [2.05, 4.69) is 15.9 Å². The molecule has 0 saturated carbocycles. The first-order valence-corrected chi connectivity index (χ1v) is 7.29. The predicted octanol–water partition coefficient (Wildman–Crippen LogP) is 3.11. The van der Waals surface area contributed by atoms with E-state index >= 15 is 0 Å². The molecule has 21 heavy (non-hydrogen) atoms. The summed E-state index contributed by atoms with van der Waals surface area (Å²) in [7, 11) is 0. The Morgan fingerprint density at radius 1 is 1.19 bits per heavy atom. The number of hydrogen-bond donors (Lipinski definition) is 2. The largest absolute Gasteiger partial charge is 0.488 e. The van der Waals surface area contributed by atoms with Crippen molar-refractivity contribution >= 4 is 21.9 Å². The van der Waals surface area contributed by atoms with Gasteiger partial charge in [-0.3, -0.25) is 4.79 Å². The van der Waals surface area contributed by atoms with Crippen molar-refractivity contribution in [2.24, 2.45) is 5.73 Å². The van der Waals surface area contributed by atoms with Crippen molar-refractivity contribution in [3.05, 3.63) is 63.6 Å². The number of halogens is 1. The lowest BCUT2D eigenvalue weighted by Crippen LogP contribution is -2.06. The van der Waals surface area contributed by atoms with Gasteiger partial charge in [0.1, 0.15) is 12.4 Å². The molecule has 0 heterocycles. The van der Waals surface area contributed by atoms with Gasteiger partial charge in [-0.25, -0.2) is 0 Å². The average molecular weight is 350 g/mol. The highest BCUT2D eigenvalue weighted by Gasteiger charge is 2.08. The van der Waals surface area contributed by atoms with Gasteiger partial charge in [0.05, 0.1) is 10.9 Å². The van der Waals surface area contributed by atoms with Crippen molar-refractivity contribution in [1.29, 1.82) is 0 Å². The van der Waals surface area contributed by atoms with Crippen LogP contribution in [0.15, 0.2) is 46.9 Å². The van der Waals surface area contributed by atoms with E-state index in [4.69, 9.17) is 15.6 Å². The maximum Gasteiger partial charge on any atom is 0.307 e. The molecule has 0 radical (unpaired) electrons. The molecule has 0 aliphatic heterocycles. The van der Waals surface area contributed by atoms with Crippen molar-refractivity contribution in [3.8, 4) is 5.75 Å². The summed E-state index contributed by atoms with van der Waals surface area (Å²) in [4.78, 5) is 10.9. The highest BCUT2D eigenvalue weighted by molar-refractivity contribution is 9.10. The molecule has 2 aromatic rings. The van der Waals surface area contributed by atoms with Crippen molar-refractivity contribution in [1.82, 2.24) is 0 Å². The fourth-order valence-corrected chi connectivity index (χ4v) is 2.52. The van der Waals surface area contributed by atoms with Gasteiger partial charge in [0.15, 0.2) is 0 Å². The van der Waals surface area contributed by atoms with Gasteiger partial charge in [-0.05, 0) is 44.8 Å². The lowest BCUT2D eigenvalue weighted by Gasteiger charge is -2.12. The molecule has 0 aliphatic rings. The number of nitrogens with two attached hydrogens (primary N) is 1. The summed E-state index contributed by atoms with van der Waals surface area (Å²) in [5, 5.41) is 8.92. The molecule has 4 nitrogen and oxygen atoms in total. The van der Waals surface area contributed by atoms with Crippen LogP contribution in [0.5, 0.6) is 5.75 Å². The molecule has 0 atom stereocenters. The van der Waals surface area contributed by atoms with E-state index in [9.17, 15) is 4.79 Å². The molecule has 2 aromatic carbocycles. The molecule has 2 rings (SSSR count). The Hall–Kier alpha value is -1.85. The van der Waals surface area contributed by atoms with E-state index in [-0.39, 0.29) is 6.42 Å². The van der Waals surface area contributed by atoms with Gasteiger partial charge in [-0.1, -0.05) is 30.3 Å². The Kier molecular flexibility index (Phi) is 5.36. The summed E-state index contributed by atoms with van der Waals surface area (Å²) in [5.41, 5.74) is 8.23. The average Bonchev–Trinajstić information content (AvgIpc) is 2.46. The first kappa shape index (κ1) is 15.5. The van der Waals surface area contributed by atoms with Gasteiger partial charge < -0.3 is 15.6 Å².